The fourth-order valence-electron chi connectivity index (χ4n) is 3.08. The Hall–Kier alpha value is -3.05. The van der Waals surface area contributed by atoms with E-state index in [2.05, 4.69) is 57.8 Å². The molecule has 0 aliphatic heterocycles. The van der Waals surface area contributed by atoms with Crippen molar-refractivity contribution in [1.29, 1.82) is 0 Å². The van der Waals surface area contributed by atoms with E-state index < -0.39 is 0 Å². The van der Waals surface area contributed by atoms with Gasteiger partial charge in [0.25, 0.3) is 0 Å². The number of carbonyl (C=O) groups is 1. The molecule has 0 saturated heterocycles. The zero-order valence-electron chi connectivity index (χ0n) is 17.8. The molecule has 31 heavy (non-hydrogen) atoms. The Balaban J connectivity index is 1.80. The van der Waals surface area contributed by atoms with Crippen molar-refractivity contribution in [2.45, 2.75) is 26.7 Å². The van der Waals surface area contributed by atoms with Crippen LogP contribution in [0.5, 0.6) is 5.75 Å². The van der Waals surface area contributed by atoms with E-state index in [4.69, 9.17) is 4.74 Å². The summed E-state index contributed by atoms with van der Waals surface area (Å²) in [5.41, 5.74) is 4.65. The predicted molar refractivity (Wildman–Crippen MR) is 133 cm³/mol. The summed E-state index contributed by atoms with van der Waals surface area (Å²) >= 11 is 3.57. The largest absolute Gasteiger partial charge is 0.491 e. The van der Waals surface area contributed by atoms with Gasteiger partial charge >= 0.3 is 6.03 Å². The third-order valence-corrected chi connectivity index (χ3v) is 5.04. The highest BCUT2D eigenvalue weighted by molar-refractivity contribution is 9.10. The molecular formula is C26H27BrN2O2. The van der Waals surface area contributed by atoms with Gasteiger partial charge in [0.05, 0.1) is 12.3 Å². The summed E-state index contributed by atoms with van der Waals surface area (Å²) in [6, 6.07) is 21.4. The number of ether oxygens (including phenoxy) is 1. The van der Waals surface area contributed by atoms with Gasteiger partial charge in [-0.15, -0.1) is 0 Å². The summed E-state index contributed by atoms with van der Waals surface area (Å²) < 4.78 is 6.92. The monoisotopic (exact) mass is 478 g/mol. The zero-order chi connectivity index (χ0) is 22.1. The molecular weight excluding hydrogens is 452 g/mol. The maximum Gasteiger partial charge on any atom is 0.323 e. The summed E-state index contributed by atoms with van der Waals surface area (Å²) in [6.07, 6.45) is 5.75. The minimum absolute atomic E-state index is 0.311. The van der Waals surface area contributed by atoms with Crippen LogP contribution in [0.3, 0.4) is 0 Å². The van der Waals surface area contributed by atoms with Gasteiger partial charge in [0.15, 0.2) is 0 Å². The van der Waals surface area contributed by atoms with Crippen LogP contribution in [0.25, 0.3) is 6.08 Å². The van der Waals surface area contributed by atoms with Crippen LogP contribution < -0.4 is 15.4 Å². The van der Waals surface area contributed by atoms with Crippen molar-refractivity contribution in [3.05, 3.63) is 94.0 Å². The number of urea groups is 1. The van der Waals surface area contributed by atoms with Crippen molar-refractivity contribution in [1.82, 2.24) is 0 Å². The molecule has 0 aliphatic rings. The first-order valence-electron chi connectivity index (χ1n) is 10.4. The van der Waals surface area contributed by atoms with Crippen LogP contribution in [0.2, 0.25) is 0 Å². The average Bonchev–Trinajstić information content (AvgIpc) is 2.75. The smallest absolute Gasteiger partial charge is 0.323 e. The quantitative estimate of drug-likeness (QED) is 0.353. The van der Waals surface area contributed by atoms with Crippen LogP contribution in [0.1, 0.15) is 30.0 Å². The molecule has 0 aromatic heterocycles. The summed E-state index contributed by atoms with van der Waals surface area (Å²) in [5.74, 6) is 0.696. The highest BCUT2D eigenvalue weighted by Gasteiger charge is 2.14. The van der Waals surface area contributed by atoms with Crippen LogP contribution in [-0.2, 0) is 6.42 Å². The number of hydrogen-bond acceptors (Lipinski definition) is 2. The molecule has 4 nitrogen and oxygen atoms in total. The van der Waals surface area contributed by atoms with Crippen LogP contribution in [0.4, 0.5) is 16.2 Å². The molecule has 0 spiro atoms. The van der Waals surface area contributed by atoms with Crippen molar-refractivity contribution in [3.8, 4) is 5.75 Å². The van der Waals surface area contributed by atoms with E-state index in [0.717, 1.165) is 33.3 Å². The number of allylic oxidation sites excluding steroid dienone is 1. The maximum atomic E-state index is 12.6. The van der Waals surface area contributed by atoms with E-state index in [9.17, 15) is 4.79 Å². The van der Waals surface area contributed by atoms with E-state index in [1.807, 2.05) is 61.5 Å². The lowest BCUT2D eigenvalue weighted by Crippen LogP contribution is -2.20. The van der Waals surface area contributed by atoms with Gasteiger partial charge in [0.2, 0.25) is 0 Å². The third-order valence-electron chi connectivity index (χ3n) is 4.59. The number of anilines is 2. The Morgan fingerprint density at radius 3 is 2.48 bits per heavy atom. The molecule has 3 aromatic rings. The number of halogens is 1. The summed E-state index contributed by atoms with van der Waals surface area (Å²) in [6.45, 7) is 4.65. The van der Waals surface area contributed by atoms with Crippen LogP contribution >= 0.6 is 15.9 Å². The van der Waals surface area contributed by atoms with Crippen LogP contribution in [-0.4, -0.2) is 12.6 Å². The number of nitrogens with one attached hydrogen (secondary N) is 2. The summed E-state index contributed by atoms with van der Waals surface area (Å²) in [4.78, 5) is 12.6. The molecule has 2 N–H and O–H groups in total. The van der Waals surface area contributed by atoms with Gasteiger partial charge in [0.1, 0.15) is 5.75 Å². The molecule has 0 atom stereocenters. The van der Waals surface area contributed by atoms with Crippen molar-refractivity contribution in [2.24, 2.45) is 0 Å². The van der Waals surface area contributed by atoms with E-state index in [1.54, 1.807) is 0 Å². The Bertz CT molecular complexity index is 1030. The minimum atomic E-state index is -0.311. The summed E-state index contributed by atoms with van der Waals surface area (Å²) in [5, 5.41) is 5.81. The first kappa shape index (κ1) is 22.6. The Morgan fingerprint density at radius 2 is 1.77 bits per heavy atom. The fraction of sp³-hybridized carbons (Fsp3) is 0.192. The van der Waals surface area contributed by atoms with E-state index >= 15 is 0 Å². The molecule has 0 bridgehead atoms. The highest BCUT2D eigenvalue weighted by atomic mass is 79.9. The van der Waals surface area contributed by atoms with Gasteiger partial charge in [0, 0.05) is 15.7 Å². The first-order valence-corrected chi connectivity index (χ1v) is 11.2. The average molecular weight is 479 g/mol. The fourth-order valence-corrected chi connectivity index (χ4v) is 3.58. The van der Waals surface area contributed by atoms with Gasteiger partial charge in [-0.25, -0.2) is 4.79 Å². The molecule has 0 saturated carbocycles. The molecule has 0 fully saturated rings. The number of benzene rings is 3. The van der Waals surface area contributed by atoms with E-state index in [-0.39, 0.29) is 6.03 Å². The van der Waals surface area contributed by atoms with Crippen molar-refractivity contribution < 1.29 is 9.53 Å². The van der Waals surface area contributed by atoms with Crippen molar-refractivity contribution in [2.75, 3.05) is 17.2 Å². The lowest BCUT2D eigenvalue weighted by Gasteiger charge is -2.17. The lowest BCUT2D eigenvalue weighted by atomic mass is 10.1. The van der Waals surface area contributed by atoms with Crippen molar-refractivity contribution >= 4 is 39.4 Å². The van der Waals surface area contributed by atoms with Gasteiger partial charge in [-0.05, 0) is 49.6 Å². The normalized spacial score (nSPS) is 10.8. The molecule has 160 valence electrons. The number of amides is 2. The van der Waals surface area contributed by atoms with Gasteiger partial charge in [-0.1, -0.05) is 83.0 Å². The van der Waals surface area contributed by atoms with Gasteiger partial charge in [-0.2, -0.15) is 0 Å². The van der Waals surface area contributed by atoms with Crippen molar-refractivity contribution in [3.63, 3.8) is 0 Å². The molecule has 5 heteroatoms. The molecule has 3 aromatic carbocycles. The van der Waals surface area contributed by atoms with Crippen LogP contribution in [0.15, 0.2) is 77.3 Å². The zero-order valence-corrected chi connectivity index (χ0v) is 19.4. The second kappa shape index (κ2) is 11.4. The molecule has 0 aliphatic carbocycles. The van der Waals surface area contributed by atoms with Gasteiger partial charge in [-0.3, -0.25) is 0 Å². The van der Waals surface area contributed by atoms with Crippen LogP contribution in [0, 0.1) is 6.92 Å². The minimum Gasteiger partial charge on any atom is -0.491 e. The predicted octanol–water partition coefficient (Wildman–Crippen LogP) is 7.45. The second-order valence-corrected chi connectivity index (χ2v) is 8.17. The van der Waals surface area contributed by atoms with E-state index in [1.165, 1.54) is 0 Å². The molecule has 0 heterocycles. The molecule has 3 rings (SSSR count). The Kier molecular flexibility index (Phi) is 8.30. The lowest BCUT2D eigenvalue weighted by molar-refractivity contribution is 0.261. The third kappa shape index (κ3) is 7.00. The molecule has 0 unspecified atom stereocenters. The highest BCUT2D eigenvalue weighted by Crippen LogP contribution is 2.34. The van der Waals surface area contributed by atoms with E-state index in [0.29, 0.717) is 24.5 Å². The number of carbonyl (C=O) groups excluding carboxylic acids is 1. The SMILES string of the molecule is CCCOc1c(C/C=C/c2ccccc2)cc(Br)cc1NC(=O)Nc1ccc(C)cc1. The number of hydrogen-bond donors (Lipinski definition) is 2. The Morgan fingerprint density at radius 1 is 1.03 bits per heavy atom. The summed E-state index contributed by atoms with van der Waals surface area (Å²) in [7, 11) is 0. The first-order chi connectivity index (χ1) is 15.0. The second-order valence-electron chi connectivity index (χ2n) is 7.25. The maximum absolute atomic E-state index is 12.6. The number of aryl methyl sites for hydroxylation is 1. The topological polar surface area (TPSA) is 50.4 Å². The standard InChI is InChI=1S/C26H27BrN2O2/c1-3-16-31-25-21(11-7-10-20-8-5-4-6-9-20)17-22(27)18-24(25)29-26(30)28-23-14-12-19(2)13-15-23/h4-10,12-15,17-18H,3,11,16H2,1-2H3,(H2,28,29,30)/b10-7+. The number of rotatable bonds is 8. The van der Waals surface area contributed by atoms with Gasteiger partial charge < -0.3 is 15.4 Å². The molecule has 2 amide bonds. The Labute approximate surface area is 192 Å². The molecule has 0 radical (unpaired) electrons.